The van der Waals surface area contributed by atoms with E-state index >= 15 is 0 Å². The highest BCUT2D eigenvalue weighted by atomic mass is 32.2. The summed E-state index contributed by atoms with van der Waals surface area (Å²) in [5.41, 5.74) is 0. The van der Waals surface area contributed by atoms with Gasteiger partial charge in [-0.1, -0.05) is 13.0 Å². The van der Waals surface area contributed by atoms with Crippen molar-refractivity contribution < 1.29 is 8.42 Å². The molecule has 1 fully saturated rings. The van der Waals surface area contributed by atoms with Gasteiger partial charge in [0.05, 0.1) is 5.75 Å². The smallest absolute Gasteiger partial charge is 0.215 e. The summed E-state index contributed by atoms with van der Waals surface area (Å²) >= 11 is 3.58. The molecule has 0 aromatic carbocycles. The molecule has 1 aliphatic rings. The summed E-state index contributed by atoms with van der Waals surface area (Å²) in [4.78, 5) is 5.55. The van der Waals surface area contributed by atoms with Gasteiger partial charge in [-0.05, 0) is 23.8 Å². The van der Waals surface area contributed by atoms with Crippen LogP contribution < -0.4 is 10.6 Å². The molecule has 1 saturated heterocycles. The largest absolute Gasteiger partial charge is 0.356 e. The lowest BCUT2D eigenvalue weighted by molar-refractivity contribution is 0.443. The summed E-state index contributed by atoms with van der Waals surface area (Å²) in [5, 5.41) is 8.48. The Balaban J connectivity index is 1.69. The first kappa shape index (κ1) is 20.5. The van der Waals surface area contributed by atoms with Gasteiger partial charge in [-0.25, -0.2) is 12.7 Å². The summed E-state index contributed by atoms with van der Waals surface area (Å²) in [6, 6.07) is 4.22. The van der Waals surface area contributed by atoms with Gasteiger partial charge < -0.3 is 10.6 Å². The summed E-state index contributed by atoms with van der Waals surface area (Å²) < 4.78 is 26.2. The average molecular weight is 405 g/mol. The number of nitrogens with zero attached hydrogens (tertiary/aromatic N) is 2. The molecule has 0 aliphatic carbocycles. The summed E-state index contributed by atoms with van der Waals surface area (Å²) in [6.45, 7) is 4.61. The van der Waals surface area contributed by atoms with E-state index in [1.54, 1.807) is 22.7 Å². The number of rotatable bonds is 8. The second kappa shape index (κ2) is 10.4. The van der Waals surface area contributed by atoms with Crippen LogP contribution in [-0.4, -0.2) is 69.2 Å². The SMILES string of the molecule is CN=C(NCCS(=O)(=O)N1CCSCC1)NCC(C)Cc1cccs1. The van der Waals surface area contributed by atoms with Crippen molar-refractivity contribution in [3.8, 4) is 0 Å². The maximum absolute atomic E-state index is 12.3. The van der Waals surface area contributed by atoms with E-state index < -0.39 is 10.0 Å². The van der Waals surface area contributed by atoms with Gasteiger partial charge in [-0.2, -0.15) is 11.8 Å². The van der Waals surface area contributed by atoms with Gasteiger partial charge >= 0.3 is 0 Å². The van der Waals surface area contributed by atoms with Crippen LogP contribution in [0.5, 0.6) is 0 Å². The Morgan fingerprint density at radius 2 is 2.12 bits per heavy atom. The first-order valence-electron chi connectivity index (χ1n) is 8.53. The predicted molar refractivity (Wildman–Crippen MR) is 109 cm³/mol. The van der Waals surface area contributed by atoms with E-state index in [2.05, 4.69) is 40.1 Å². The van der Waals surface area contributed by atoms with Crippen molar-refractivity contribution in [1.82, 2.24) is 14.9 Å². The highest BCUT2D eigenvalue weighted by Gasteiger charge is 2.23. The van der Waals surface area contributed by atoms with E-state index in [-0.39, 0.29) is 5.75 Å². The molecule has 9 heteroatoms. The van der Waals surface area contributed by atoms with Crippen LogP contribution in [0, 0.1) is 5.92 Å². The molecule has 0 radical (unpaired) electrons. The van der Waals surface area contributed by atoms with E-state index in [1.807, 2.05) is 11.8 Å². The minimum atomic E-state index is -3.18. The Morgan fingerprint density at radius 3 is 2.76 bits per heavy atom. The van der Waals surface area contributed by atoms with Crippen LogP contribution in [0.15, 0.2) is 22.5 Å². The second-order valence-corrected chi connectivity index (χ2v) is 10.4. The molecular formula is C16H28N4O2S3. The molecule has 1 unspecified atom stereocenters. The van der Waals surface area contributed by atoms with Crippen LogP contribution in [0.3, 0.4) is 0 Å². The van der Waals surface area contributed by atoms with E-state index in [0.29, 0.717) is 31.5 Å². The molecular weight excluding hydrogens is 376 g/mol. The number of guanidine groups is 1. The third-order valence-corrected chi connectivity index (χ3v) is 7.70. The highest BCUT2D eigenvalue weighted by molar-refractivity contribution is 7.99. The highest BCUT2D eigenvalue weighted by Crippen LogP contribution is 2.14. The van der Waals surface area contributed by atoms with Crippen molar-refractivity contribution in [2.24, 2.45) is 10.9 Å². The van der Waals surface area contributed by atoms with E-state index in [9.17, 15) is 8.42 Å². The molecule has 0 spiro atoms. The molecule has 2 rings (SSSR count). The van der Waals surface area contributed by atoms with Gasteiger partial charge in [0.2, 0.25) is 10.0 Å². The van der Waals surface area contributed by atoms with Crippen molar-refractivity contribution in [3.63, 3.8) is 0 Å². The number of aliphatic imine (C=N–C) groups is 1. The molecule has 0 bridgehead atoms. The zero-order valence-electron chi connectivity index (χ0n) is 14.9. The topological polar surface area (TPSA) is 73.8 Å². The van der Waals surface area contributed by atoms with Crippen molar-refractivity contribution in [2.75, 3.05) is 50.5 Å². The Kier molecular flexibility index (Phi) is 8.54. The Labute approximate surface area is 159 Å². The lowest BCUT2D eigenvalue weighted by atomic mass is 10.1. The fourth-order valence-corrected chi connectivity index (χ4v) is 5.95. The van der Waals surface area contributed by atoms with Crippen molar-refractivity contribution in [1.29, 1.82) is 0 Å². The van der Waals surface area contributed by atoms with E-state index in [0.717, 1.165) is 24.5 Å². The van der Waals surface area contributed by atoms with Crippen LogP contribution in [0.2, 0.25) is 0 Å². The molecule has 0 saturated carbocycles. The van der Waals surface area contributed by atoms with Crippen molar-refractivity contribution in [2.45, 2.75) is 13.3 Å². The van der Waals surface area contributed by atoms with Crippen LogP contribution in [-0.2, 0) is 16.4 Å². The van der Waals surface area contributed by atoms with Gasteiger partial charge in [-0.3, -0.25) is 4.99 Å². The molecule has 1 aliphatic heterocycles. The van der Waals surface area contributed by atoms with Crippen molar-refractivity contribution in [3.05, 3.63) is 22.4 Å². The van der Waals surface area contributed by atoms with Crippen LogP contribution >= 0.6 is 23.1 Å². The lowest BCUT2D eigenvalue weighted by Gasteiger charge is -2.25. The van der Waals surface area contributed by atoms with Gasteiger partial charge in [0.25, 0.3) is 0 Å². The van der Waals surface area contributed by atoms with Crippen LogP contribution in [0.4, 0.5) is 0 Å². The monoisotopic (exact) mass is 404 g/mol. The number of thiophene rings is 1. The minimum absolute atomic E-state index is 0.100. The normalized spacial score (nSPS) is 18.1. The maximum Gasteiger partial charge on any atom is 0.215 e. The van der Waals surface area contributed by atoms with E-state index in [1.165, 1.54) is 4.88 Å². The number of hydrogen-bond donors (Lipinski definition) is 2. The van der Waals surface area contributed by atoms with Gasteiger partial charge in [0.15, 0.2) is 5.96 Å². The maximum atomic E-state index is 12.3. The third-order valence-electron chi connectivity index (χ3n) is 3.99. The molecule has 1 aromatic heterocycles. The first-order chi connectivity index (χ1) is 12.0. The Morgan fingerprint density at radius 1 is 1.36 bits per heavy atom. The average Bonchev–Trinajstić information content (AvgIpc) is 3.11. The lowest BCUT2D eigenvalue weighted by Crippen LogP contribution is -2.44. The van der Waals surface area contributed by atoms with Gasteiger partial charge in [-0.15, -0.1) is 11.3 Å². The molecule has 2 heterocycles. The quantitative estimate of drug-likeness (QED) is 0.507. The summed E-state index contributed by atoms with van der Waals surface area (Å²) in [6.07, 6.45) is 1.03. The zero-order chi connectivity index (χ0) is 18.1. The Hall–Kier alpha value is -0.770. The third kappa shape index (κ3) is 7.16. The fourth-order valence-electron chi connectivity index (χ4n) is 2.59. The van der Waals surface area contributed by atoms with Gasteiger partial charge in [0, 0.05) is 49.6 Å². The molecule has 6 nitrogen and oxygen atoms in total. The number of hydrogen-bond acceptors (Lipinski definition) is 5. The first-order valence-corrected chi connectivity index (χ1v) is 12.2. The Bertz CT molecular complexity index is 626. The molecule has 142 valence electrons. The summed E-state index contributed by atoms with van der Waals surface area (Å²) in [5.74, 6) is 3.01. The zero-order valence-corrected chi connectivity index (χ0v) is 17.4. The molecule has 1 aromatic rings. The molecule has 2 N–H and O–H groups in total. The van der Waals surface area contributed by atoms with Crippen LogP contribution in [0.25, 0.3) is 0 Å². The standard InChI is InChI=1S/C16H28N4O2S3/c1-14(12-15-4-3-8-24-15)13-19-16(17-2)18-5-11-25(21,22)20-6-9-23-10-7-20/h3-4,8,14H,5-7,9-13H2,1-2H3,(H2,17,18,19). The van der Waals surface area contributed by atoms with Crippen LogP contribution in [0.1, 0.15) is 11.8 Å². The van der Waals surface area contributed by atoms with Gasteiger partial charge in [0.1, 0.15) is 0 Å². The number of sulfonamides is 1. The number of nitrogens with one attached hydrogen (secondary N) is 2. The molecule has 1 atom stereocenters. The van der Waals surface area contributed by atoms with E-state index in [4.69, 9.17) is 0 Å². The number of thioether (sulfide) groups is 1. The summed E-state index contributed by atoms with van der Waals surface area (Å²) in [7, 11) is -1.47. The fraction of sp³-hybridized carbons (Fsp3) is 0.688. The molecule has 0 amide bonds. The minimum Gasteiger partial charge on any atom is -0.356 e. The predicted octanol–water partition coefficient (Wildman–Crippen LogP) is 1.47. The van der Waals surface area contributed by atoms with Crippen molar-refractivity contribution >= 4 is 39.1 Å². The molecule has 25 heavy (non-hydrogen) atoms. The second-order valence-electron chi connectivity index (χ2n) is 6.10.